The molecule has 1 N–H and O–H groups in total. The van der Waals surface area contributed by atoms with Crippen molar-refractivity contribution in [1.29, 1.82) is 5.26 Å². The minimum absolute atomic E-state index is 0.0220. The van der Waals surface area contributed by atoms with Gasteiger partial charge in [0.15, 0.2) is 5.78 Å². The van der Waals surface area contributed by atoms with Gasteiger partial charge in [-0.2, -0.15) is 18.4 Å². The maximum absolute atomic E-state index is 14.6. The van der Waals surface area contributed by atoms with Crippen LogP contribution in [0.5, 0.6) is 0 Å². The Morgan fingerprint density at radius 1 is 0.976 bits per heavy atom. The van der Waals surface area contributed by atoms with Crippen LogP contribution in [0.4, 0.5) is 13.2 Å². The number of nitrogens with one attached hydrogen (secondary N) is 1. The van der Waals surface area contributed by atoms with Gasteiger partial charge in [0.1, 0.15) is 18.4 Å². The standard InChI is InChI=1S/C34H47F3N2O3/c1-28(2)10-12-33(17-25(41)39-19-34(35,36)37)13-11-32(7)26(21(33)16-28)22(40)14-24-30(5)15-20(18-38)27(42)29(3,4)23(30)8-9-31(24,32)6/h15,21,23-24,26H,8-14,16-17,19H2,1-7H3,(H,39,41)/t21-,23+,24-,26?,30+,31-,32-,33-/m1/s1. The number of halogens is 3. The molecule has 0 aromatic heterocycles. The second-order valence-corrected chi connectivity index (χ2v) is 16.6. The average Bonchev–Trinajstić information content (AvgIpc) is 2.87. The topological polar surface area (TPSA) is 87.0 Å². The number of allylic oxidation sites excluding steroid dienone is 2. The third-order valence-corrected chi connectivity index (χ3v) is 13.6. The molecular weight excluding hydrogens is 541 g/mol. The van der Waals surface area contributed by atoms with Crippen molar-refractivity contribution in [2.24, 2.45) is 56.2 Å². The second-order valence-electron chi connectivity index (χ2n) is 16.6. The minimum atomic E-state index is -4.47. The molecule has 5 rings (SSSR count). The summed E-state index contributed by atoms with van der Waals surface area (Å²) in [6.07, 6.45) is 3.32. The van der Waals surface area contributed by atoms with Gasteiger partial charge in [-0.1, -0.05) is 54.5 Å². The van der Waals surface area contributed by atoms with Crippen LogP contribution in [-0.2, 0) is 14.4 Å². The van der Waals surface area contributed by atoms with E-state index in [9.17, 15) is 32.8 Å². The van der Waals surface area contributed by atoms with Gasteiger partial charge in [-0.05, 0) is 89.8 Å². The maximum atomic E-state index is 14.6. The lowest BCUT2D eigenvalue weighted by Crippen LogP contribution is -2.68. The van der Waals surface area contributed by atoms with Crippen LogP contribution in [0.15, 0.2) is 11.6 Å². The van der Waals surface area contributed by atoms with Crippen LogP contribution >= 0.6 is 0 Å². The number of fused-ring (bicyclic) bond motifs is 7. The zero-order valence-electron chi connectivity index (χ0n) is 26.3. The molecule has 1 unspecified atom stereocenters. The number of amides is 1. The highest BCUT2D eigenvalue weighted by Crippen LogP contribution is 2.76. The molecule has 0 aromatic rings. The molecule has 1 amide bonds. The van der Waals surface area contributed by atoms with Crippen molar-refractivity contribution in [2.45, 2.75) is 112 Å². The van der Waals surface area contributed by atoms with Crippen LogP contribution in [-0.4, -0.2) is 30.2 Å². The molecule has 232 valence electrons. The Kier molecular flexibility index (Phi) is 7.01. The summed E-state index contributed by atoms with van der Waals surface area (Å²) in [6, 6.07) is 2.16. The van der Waals surface area contributed by atoms with E-state index in [1.165, 1.54) is 0 Å². The third-order valence-electron chi connectivity index (χ3n) is 13.6. The van der Waals surface area contributed by atoms with Gasteiger partial charge in [-0.15, -0.1) is 0 Å². The van der Waals surface area contributed by atoms with Gasteiger partial charge in [0.25, 0.3) is 0 Å². The van der Waals surface area contributed by atoms with E-state index in [0.29, 0.717) is 12.8 Å². The predicted octanol–water partition coefficient (Wildman–Crippen LogP) is 7.35. The van der Waals surface area contributed by atoms with E-state index >= 15 is 0 Å². The number of nitrogens with zero attached hydrogens (tertiary/aromatic N) is 1. The van der Waals surface area contributed by atoms with E-state index in [2.05, 4.69) is 46.0 Å². The van der Waals surface area contributed by atoms with E-state index in [0.717, 1.165) is 38.5 Å². The molecular formula is C34H47F3N2O3. The number of hydrogen-bond acceptors (Lipinski definition) is 4. The number of alkyl halides is 3. The van der Waals surface area contributed by atoms with Crippen molar-refractivity contribution >= 4 is 17.5 Å². The first-order valence-corrected chi connectivity index (χ1v) is 15.7. The Hall–Kier alpha value is -2.17. The normalized spacial score (nSPS) is 44.0. The molecule has 4 fully saturated rings. The first-order chi connectivity index (χ1) is 19.2. The highest BCUT2D eigenvalue weighted by atomic mass is 19.4. The number of Topliss-reactive ketones (excluding diaryl/α,β-unsaturated/α-hetero) is 2. The lowest BCUT2D eigenvalue weighted by molar-refractivity contribution is -0.223. The second kappa shape index (κ2) is 9.41. The van der Waals surface area contributed by atoms with Gasteiger partial charge in [0.05, 0.1) is 5.57 Å². The summed E-state index contributed by atoms with van der Waals surface area (Å²) < 4.78 is 38.7. The maximum Gasteiger partial charge on any atom is 0.405 e. The molecule has 5 aliphatic rings. The van der Waals surface area contributed by atoms with Crippen molar-refractivity contribution in [3.8, 4) is 6.07 Å². The van der Waals surface area contributed by atoms with E-state index < -0.39 is 34.9 Å². The smallest absolute Gasteiger partial charge is 0.347 e. The number of ketones is 2. The summed E-state index contributed by atoms with van der Waals surface area (Å²) in [5.41, 5.74) is -2.12. The quantitative estimate of drug-likeness (QED) is 0.373. The molecule has 0 radical (unpaired) electrons. The number of carbonyl (C=O) groups excluding carboxylic acids is 3. The lowest BCUT2D eigenvalue weighted by Gasteiger charge is -2.72. The van der Waals surface area contributed by atoms with E-state index in [1.54, 1.807) is 0 Å². The zero-order chi connectivity index (χ0) is 31.3. The van der Waals surface area contributed by atoms with Gasteiger partial charge in [0.2, 0.25) is 5.91 Å². The highest BCUT2D eigenvalue weighted by molar-refractivity contribution is 6.04. The van der Waals surface area contributed by atoms with Crippen LogP contribution in [0.1, 0.15) is 106 Å². The van der Waals surface area contributed by atoms with Crippen molar-refractivity contribution < 1.29 is 27.6 Å². The molecule has 42 heavy (non-hydrogen) atoms. The first kappa shape index (κ1) is 31.3. The van der Waals surface area contributed by atoms with Gasteiger partial charge in [0, 0.05) is 24.2 Å². The van der Waals surface area contributed by atoms with Crippen LogP contribution in [0.25, 0.3) is 0 Å². The van der Waals surface area contributed by atoms with Gasteiger partial charge >= 0.3 is 6.18 Å². The Labute approximate surface area is 248 Å². The Morgan fingerprint density at radius 2 is 1.62 bits per heavy atom. The number of carbonyl (C=O) groups is 3. The molecule has 8 heteroatoms. The lowest BCUT2D eigenvalue weighted by atomic mass is 9.31. The fourth-order valence-corrected chi connectivity index (χ4v) is 11.3. The minimum Gasteiger partial charge on any atom is -0.347 e. The fourth-order valence-electron chi connectivity index (χ4n) is 11.3. The molecule has 4 saturated carbocycles. The molecule has 0 heterocycles. The van der Waals surface area contributed by atoms with Gasteiger partial charge in [-0.3, -0.25) is 14.4 Å². The summed E-state index contributed by atoms with van der Waals surface area (Å²) in [5.74, 6) is -0.878. The molecule has 0 spiro atoms. The summed E-state index contributed by atoms with van der Waals surface area (Å²) in [6.45, 7) is 13.7. The Bertz CT molecular complexity index is 1280. The van der Waals surface area contributed by atoms with Crippen molar-refractivity contribution in [2.75, 3.05) is 6.54 Å². The number of hydrogen-bond donors (Lipinski definition) is 1. The number of rotatable bonds is 3. The SMILES string of the molecule is CC1(C)CC[C@]2(CC(=O)NCC(F)(F)F)CC[C@]3(C)C(C(=O)C[C@@H]4[C@@]5(C)C=C(C#N)C(=O)C(C)(C)[C@@H]5CC[C@]43C)[C@H]2C1. The van der Waals surface area contributed by atoms with Crippen LogP contribution in [0, 0.1) is 67.5 Å². The Morgan fingerprint density at radius 3 is 2.24 bits per heavy atom. The average molecular weight is 589 g/mol. The Balaban J connectivity index is 1.55. The third kappa shape index (κ3) is 4.41. The number of nitriles is 1. The molecule has 0 aliphatic heterocycles. The van der Waals surface area contributed by atoms with Crippen molar-refractivity contribution in [3.63, 3.8) is 0 Å². The highest BCUT2D eigenvalue weighted by Gasteiger charge is 2.72. The van der Waals surface area contributed by atoms with E-state index in [4.69, 9.17) is 0 Å². The first-order valence-electron chi connectivity index (χ1n) is 15.7. The summed E-state index contributed by atoms with van der Waals surface area (Å²) >= 11 is 0. The van der Waals surface area contributed by atoms with Crippen LogP contribution in [0.3, 0.4) is 0 Å². The van der Waals surface area contributed by atoms with Crippen molar-refractivity contribution in [3.05, 3.63) is 11.6 Å². The molecule has 5 aliphatic carbocycles. The van der Waals surface area contributed by atoms with Gasteiger partial charge < -0.3 is 5.32 Å². The zero-order valence-corrected chi connectivity index (χ0v) is 26.3. The molecule has 0 bridgehead atoms. The predicted molar refractivity (Wildman–Crippen MR) is 153 cm³/mol. The summed E-state index contributed by atoms with van der Waals surface area (Å²) in [7, 11) is 0. The molecule has 0 saturated heterocycles. The summed E-state index contributed by atoms with van der Waals surface area (Å²) in [5, 5.41) is 12.0. The molecule has 0 aromatic carbocycles. The van der Waals surface area contributed by atoms with E-state index in [1.807, 2.05) is 19.9 Å². The van der Waals surface area contributed by atoms with E-state index in [-0.39, 0.29) is 63.5 Å². The van der Waals surface area contributed by atoms with Gasteiger partial charge in [-0.25, -0.2) is 0 Å². The fraction of sp³-hybridized carbons (Fsp3) is 0.824. The molecule has 8 atom stereocenters. The van der Waals surface area contributed by atoms with Crippen molar-refractivity contribution in [1.82, 2.24) is 5.32 Å². The van der Waals surface area contributed by atoms with Crippen LogP contribution in [0.2, 0.25) is 0 Å². The monoisotopic (exact) mass is 588 g/mol. The van der Waals surface area contributed by atoms with Crippen LogP contribution < -0.4 is 5.32 Å². The summed E-state index contributed by atoms with van der Waals surface area (Å²) in [4.78, 5) is 40.8. The molecule has 5 nitrogen and oxygen atoms in total. The largest absolute Gasteiger partial charge is 0.405 e.